The van der Waals surface area contributed by atoms with Crippen LogP contribution in [0.4, 0.5) is 0 Å². The highest BCUT2D eigenvalue weighted by molar-refractivity contribution is 5.85. The zero-order valence-corrected chi connectivity index (χ0v) is 14.0. The van der Waals surface area contributed by atoms with Crippen LogP contribution in [0.25, 0.3) is 11.1 Å². The highest BCUT2D eigenvalue weighted by Gasteiger charge is 2.21. The number of hydrogen-bond acceptors (Lipinski definition) is 3. The third kappa shape index (κ3) is 3.62. The quantitative estimate of drug-likeness (QED) is 0.505. The second-order valence-electron chi connectivity index (χ2n) is 6.56. The number of rotatable bonds is 3. The zero-order valence-electron chi connectivity index (χ0n) is 14.0. The second-order valence-corrected chi connectivity index (χ2v) is 6.56. The molecule has 0 amide bonds. The molecule has 0 unspecified atom stereocenters. The van der Waals surface area contributed by atoms with Gasteiger partial charge >= 0.3 is 5.97 Å². The van der Waals surface area contributed by atoms with Gasteiger partial charge in [-0.05, 0) is 41.7 Å². The van der Waals surface area contributed by atoms with Crippen molar-refractivity contribution in [1.82, 2.24) is 0 Å². The Morgan fingerprint density at radius 2 is 1.87 bits per heavy atom. The van der Waals surface area contributed by atoms with E-state index in [9.17, 15) is 9.90 Å². The summed E-state index contributed by atoms with van der Waals surface area (Å²) in [7, 11) is 0. The summed E-state index contributed by atoms with van der Waals surface area (Å²) in [6.07, 6.45) is 1.14. The van der Waals surface area contributed by atoms with E-state index in [0.29, 0.717) is 11.5 Å². The van der Waals surface area contributed by atoms with E-state index in [1.165, 1.54) is 0 Å². The van der Waals surface area contributed by atoms with Crippen LogP contribution in [0, 0.1) is 6.92 Å². The number of esters is 1. The molecule has 0 aliphatic rings. The van der Waals surface area contributed by atoms with Crippen LogP contribution in [-0.4, -0.2) is 11.1 Å². The summed E-state index contributed by atoms with van der Waals surface area (Å²) >= 11 is 0. The molecule has 2 aromatic carbocycles. The molecule has 0 aliphatic carbocycles. The van der Waals surface area contributed by atoms with Gasteiger partial charge in [-0.1, -0.05) is 45.5 Å². The molecule has 0 spiro atoms. The van der Waals surface area contributed by atoms with Gasteiger partial charge in [-0.3, -0.25) is 0 Å². The molecule has 2 aromatic rings. The third-order valence-corrected chi connectivity index (χ3v) is 3.68. The highest BCUT2D eigenvalue weighted by atomic mass is 16.5. The van der Waals surface area contributed by atoms with Crippen molar-refractivity contribution in [2.75, 3.05) is 0 Å². The van der Waals surface area contributed by atoms with E-state index in [1.54, 1.807) is 6.07 Å². The number of para-hydroxylation sites is 1. The molecular formula is C20H22O3. The predicted molar refractivity (Wildman–Crippen MR) is 92.8 cm³/mol. The van der Waals surface area contributed by atoms with Gasteiger partial charge in [0.2, 0.25) is 0 Å². The van der Waals surface area contributed by atoms with E-state index in [4.69, 9.17) is 4.74 Å². The van der Waals surface area contributed by atoms with Crippen LogP contribution in [0.1, 0.15) is 31.9 Å². The molecule has 0 fully saturated rings. The van der Waals surface area contributed by atoms with E-state index in [-0.39, 0.29) is 5.41 Å². The summed E-state index contributed by atoms with van der Waals surface area (Å²) in [5, 5.41) is 10.4. The fourth-order valence-corrected chi connectivity index (χ4v) is 2.45. The molecule has 23 heavy (non-hydrogen) atoms. The van der Waals surface area contributed by atoms with Crippen LogP contribution < -0.4 is 4.74 Å². The van der Waals surface area contributed by atoms with Crippen molar-refractivity contribution in [3.8, 4) is 22.6 Å². The first-order chi connectivity index (χ1) is 10.7. The summed E-state index contributed by atoms with van der Waals surface area (Å²) in [4.78, 5) is 11.5. The van der Waals surface area contributed by atoms with Gasteiger partial charge in [0, 0.05) is 17.2 Å². The molecule has 0 heterocycles. The smallest absolute Gasteiger partial charge is 0.335 e. The van der Waals surface area contributed by atoms with Gasteiger partial charge in [0.25, 0.3) is 0 Å². The van der Waals surface area contributed by atoms with Crippen molar-refractivity contribution in [2.45, 2.75) is 33.1 Å². The van der Waals surface area contributed by atoms with Crippen molar-refractivity contribution < 1.29 is 14.6 Å². The summed E-state index contributed by atoms with van der Waals surface area (Å²) in [5.41, 5.74) is 3.15. The van der Waals surface area contributed by atoms with Gasteiger partial charge in [-0.15, -0.1) is 0 Å². The van der Waals surface area contributed by atoms with Crippen LogP contribution in [-0.2, 0) is 10.2 Å². The molecule has 0 bridgehead atoms. The van der Waals surface area contributed by atoms with Crippen LogP contribution in [0.15, 0.2) is 49.1 Å². The zero-order chi connectivity index (χ0) is 17.2. The maximum atomic E-state index is 11.5. The minimum atomic E-state index is -0.496. The second kappa shape index (κ2) is 6.29. The van der Waals surface area contributed by atoms with Crippen LogP contribution in [0.3, 0.4) is 0 Å². The molecule has 0 aliphatic heterocycles. The van der Waals surface area contributed by atoms with Gasteiger partial charge in [0.05, 0.1) is 0 Å². The molecule has 0 saturated carbocycles. The molecule has 1 N–H and O–H groups in total. The van der Waals surface area contributed by atoms with E-state index in [1.807, 2.05) is 37.3 Å². The summed E-state index contributed by atoms with van der Waals surface area (Å²) in [6.45, 7) is 11.4. The maximum absolute atomic E-state index is 11.5. The van der Waals surface area contributed by atoms with Crippen molar-refractivity contribution in [3.63, 3.8) is 0 Å². The first-order valence-electron chi connectivity index (χ1n) is 7.51. The Bertz CT molecular complexity index is 752. The Labute approximate surface area is 137 Å². The van der Waals surface area contributed by atoms with Crippen LogP contribution in [0.5, 0.6) is 11.5 Å². The standard InChI is InChI=1S/C20H22O3/c1-6-18(21)23-17-10-8-7-9-15(17)14-11-13(2)19(22)16(12-14)20(3,4)5/h6-12,22H,1H2,2-5H3. The number of hydrogen-bond donors (Lipinski definition) is 1. The Morgan fingerprint density at radius 1 is 1.22 bits per heavy atom. The summed E-state index contributed by atoms with van der Waals surface area (Å²) < 4.78 is 5.33. The number of carbonyl (C=O) groups excluding carboxylic acids is 1. The lowest BCUT2D eigenvalue weighted by atomic mass is 9.83. The fraction of sp³-hybridized carbons (Fsp3) is 0.250. The molecule has 3 nitrogen and oxygen atoms in total. The van der Waals surface area contributed by atoms with Gasteiger partial charge in [0.15, 0.2) is 0 Å². The van der Waals surface area contributed by atoms with Crippen molar-refractivity contribution in [2.24, 2.45) is 0 Å². The van der Waals surface area contributed by atoms with Crippen molar-refractivity contribution in [3.05, 3.63) is 60.2 Å². The number of benzene rings is 2. The highest BCUT2D eigenvalue weighted by Crippen LogP contribution is 2.39. The van der Waals surface area contributed by atoms with E-state index in [2.05, 4.69) is 27.4 Å². The topological polar surface area (TPSA) is 46.5 Å². The first kappa shape index (κ1) is 16.8. The Hall–Kier alpha value is -2.55. The number of phenolic OH excluding ortho intramolecular Hbond substituents is 1. The number of phenols is 1. The number of ether oxygens (including phenoxy) is 1. The molecule has 120 valence electrons. The maximum Gasteiger partial charge on any atom is 0.335 e. The van der Waals surface area contributed by atoms with Crippen molar-refractivity contribution in [1.29, 1.82) is 0 Å². The SMILES string of the molecule is C=CC(=O)Oc1ccccc1-c1cc(C)c(O)c(C(C)(C)C)c1. The normalized spacial score (nSPS) is 11.1. The van der Waals surface area contributed by atoms with Crippen LogP contribution >= 0.6 is 0 Å². The molecular weight excluding hydrogens is 288 g/mol. The first-order valence-corrected chi connectivity index (χ1v) is 7.51. The van der Waals surface area contributed by atoms with Gasteiger partial charge in [-0.2, -0.15) is 0 Å². The van der Waals surface area contributed by atoms with Crippen LogP contribution in [0.2, 0.25) is 0 Å². The molecule has 0 radical (unpaired) electrons. The lowest BCUT2D eigenvalue weighted by Crippen LogP contribution is -2.12. The Morgan fingerprint density at radius 3 is 2.48 bits per heavy atom. The predicted octanol–water partition coefficient (Wildman–Crippen LogP) is 4.76. The number of aryl methyl sites for hydroxylation is 1. The average Bonchev–Trinajstić information content (AvgIpc) is 2.49. The molecule has 0 atom stereocenters. The molecule has 0 aromatic heterocycles. The van der Waals surface area contributed by atoms with E-state index < -0.39 is 5.97 Å². The van der Waals surface area contributed by atoms with E-state index >= 15 is 0 Å². The Kier molecular flexibility index (Phi) is 4.60. The number of carbonyl (C=O) groups is 1. The minimum Gasteiger partial charge on any atom is -0.507 e. The summed E-state index contributed by atoms with van der Waals surface area (Å²) in [6, 6.07) is 11.2. The Balaban J connectivity index is 2.62. The van der Waals surface area contributed by atoms with Gasteiger partial charge in [-0.25, -0.2) is 4.79 Å². The monoisotopic (exact) mass is 310 g/mol. The summed E-state index contributed by atoms with van der Waals surface area (Å²) in [5.74, 6) is 0.285. The third-order valence-electron chi connectivity index (χ3n) is 3.68. The average molecular weight is 310 g/mol. The van der Waals surface area contributed by atoms with Crippen molar-refractivity contribution >= 4 is 5.97 Å². The lowest BCUT2D eigenvalue weighted by molar-refractivity contribution is -0.128. The molecule has 0 saturated heterocycles. The van der Waals surface area contributed by atoms with Gasteiger partial charge in [0.1, 0.15) is 11.5 Å². The fourth-order valence-electron chi connectivity index (χ4n) is 2.45. The minimum absolute atomic E-state index is 0.197. The molecule has 2 rings (SSSR count). The van der Waals surface area contributed by atoms with E-state index in [0.717, 1.165) is 28.3 Å². The lowest BCUT2D eigenvalue weighted by Gasteiger charge is -2.23. The largest absolute Gasteiger partial charge is 0.507 e. The molecule has 3 heteroatoms. The van der Waals surface area contributed by atoms with Gasteiger partial charge < -0.3 is 9.84 Å². The number of aromatic hydroxyl groups is 1.